The van der Waals surface area contributed by atoms with E-state index in [9.17, 15) is 9.59 Å². The standard InChI is InChI=1S/C26H22N2O4S/c1-4-14-32-19-13-9-10-17(15-19)16-21-24(29)28-23(18-11-7-6-8-12-18)22(25(30)31-3)20(5-2)27-26(28)33-21/h1,6-13,15-16,23H,5,14H2,2-3H3/b21-16+/t23-/m1/s1. The molecule has 0 unspecified atom stereocenters. The van der Waals surface area contributed by atoms with Crippen molar-refractivity contribution in [2.45, 2.75) is 19.4 Å². The van der Waals surface area contributed by atoms with E-state index in [1.54, 1.807) is 10.6 Å². The second kappa shape index (κ2) is 9.72. The molecule has 166 valence electrons. The van der Waals surface area contributed by atoms with Gasteiger partial charge in [-0.15, -0.1) is 6.42 Å². The third kappa shape index (κ3) is 4.38. The van der Waals surface area contributed by atoms with Crippen LogP contribution in [0.2, 0.25) is 0 Å². The molecule has 0 radical (unpaired) electrons. The lowest BCUT2D eigenvalue weighted by Crippen LogP contribution is -2.40. The smallest absolute Gasteiger partial charge is 0.338 e. The highest BCUT2D eigenvalue weighted by molar-refractivity contribution is 7.07. The average Bonchev–Trinajstić information content (AvgIpc) is 3.16. The maximum Gasteiger partial charge on any atom is 0.338 e. The molecule has 1 atom stereocenters. The summed E-state index contributed by atoms with van der Waals surface area (Å²) in [5.41, 5.74) is 2.40. The van der Waals surface area contributed by atoms with Crippen LogP contribution in [-0.2, 0) is 9.53 Å². The number of aromatic nitrogens is 1. The maximum absolute atomic E-state index is 13.6. The minimum Gasteiger partial charge on any atom is -0.481 e. The maximum atomic E-state index is 13.6. The molecule has 1 aliphatic rings. The van der Waals surface area contributed by atoms with Crippen LogP contribution in [0.15, 0.2) is 75.7 Å². The molecular formula is C26H22N2O4S. The molecule has 1 aliphatic heterocycles. The van der Waals surface area contributed by atoms with Crippen molar-refractivity contribution in [3.63, 3.8) is 0 Å². The number of rotatable bonds is 6. The van der Waals surface area contributed by atoms with Gasteiger partial charge in [0.2, 0.25) is 0 Å². The molecule has 4 rings (SSSR count). The fraction of sp³-hybridized carbons (Fsp3) is 0.192. The van der Waals surface area contributed by atoms with Crippen molar-refractivity contribution in [3.8, 4) is 18.1 Å². The van der Waals surface area contributed by atoms with E-state index in [-0.39, 0.29) is 12.2 Å². The van der Waals surface area contributed by atoms with Crippen molar-refractivity contribution < 1.29 is 14.3 Å². The van der Waals surface area contributed by atoms with E-state index >= 15 is 0 Å². The lowest BCUT2D eigenvalue weighted by molar-refractivity contribution is -0.136. The van der Waals surface area contributed by atoms with Gasteiger partial charge < -0.3 is 9.47 Å². The molecule has 0 amide bonds. The molecule has 0 fully saturated rings. The van der Waals surface area contributed by atoms with Crippen LogP contribution < -0.4 is 19.6 Å². The minimum absolute atomic E-state index is 0.165. The average molecular weight is 459 g/mol. The number of esters is 1. The Morgan fingerprint density at radius 2 is 2.03 bits per heavy atom. The molecule has 3 aromatic rings. The fourth-order valence-corrected chi connectivity index (χ4v) is 4.81. The number of fused-ring (bicyclic) bond motifs is 1. The summed E-state index contributed by atoms with van der Waals surface area (Å²) in [5.74, 6) is 2.57. The molecule has 0 saturated heterocycles. The Kier molecular flexibility index (Phi) is 6.57. The summed E-state index contributed by atoms with van der Waals surface area (Å²) < 4.78 is 12.6. The van der Waals surface area contributed by atoms with E-state index < -0.39 is 12.0 Å². The Balaban J connectivity index is 1.91. The molecule has 6 nitrogen and oxygen atoms in total. The van der Waals surface area contributed by atoms with E-state index in [4.69, 9.17) is 15.9 Å². The summed E-state index contributed by atoms with van der Waals surface area (Å²) in [4.78, 5) is 31.5. The van der Waals surface area contributed by atoms with Crippen LogP contribution in [0.1, 0.15) is 30.5 Å². The highest BCUT2D eigenvalue weighted by Gasteiger charge is 2.33. The number of carbonyl (C=O) groups is 1. The minimum atomic E-state index is -0.614. The van der Waals surface area contributed by atoms with Crippen LogP contribution in [0.25, 0.3) is 6.08 Å². The lowest BCUT2D eigenvalue weighted by Gasteiger charge is -2.25. The highest BCUT2D eigenvalue weighted by Crippen LogP contribution is 2.31. The molecule has 0 spiro atoms. The van der Waals surface area contributed by atoms with Gasteiger partial charge >= 0.3 is 5.97 Å². The van der Waals surface area contributed by atoms with Gasteiger partial charge in [0.05, 0.1) is 29.0 Å². The Morgan fingerprint density at radius 3 is 2.73 bits per heavy atom. The predicted octanol–water partition coefficient (Wildman–Crippen LogP) is 2.81. The number of terminal acetylenes is 1. The molecule has 0 aliphatic carbocycles. The summed E-state index contributed by atoms with van der Waals surface area (Å²) >= 11 is 1.29. The zero-order valence-corrected chi connectivity index (χ0v) is 19.1. The number of benzene rings is 2. The van der Waals surface area contributed by atoms with Gasteiger partial charge in [0.1, 0.15) is 12.4 Å². The van der Waals surface area contributed by atoms with Gasteiger partial charge in [0, 0.05) is 0 Å². The van der Waals surface area contributed by atoms with Crippen LogP contribution in [0, 0.1) is 12.3 Å². The largest absolute Gasteiger partial charge is 0.481 e. The molecule has 0 saturated carbocycles. The third-order valence-electron chi connectivity index (χ3n) is 5.24. The fourth-order valence-electron chi connectivity index (χ4n) is 3.79. The van der Waals surface area contributed by atoms with Crippen LogP contribution >= 0.6 is 11.3 Å². The summed E-state index contributed by atoms with van der Waals surface area (Å²) in [5, 5.41) is 0. The Bertz CT molecular complexity index is 1440. The van der Waals surface area contributed by atoms with E-state index in [0.717, 1.165) is 11.1 Å². The van der Waals surface area contributed by atoms with Crippen molar-refractivity contribution in [1.82, 2.24) is 4.57 Å². The number of thiazole rings is 1. The zero-order chi connectivity index (χ0) is 23.4. The quantitative estimate of drug-likeness (QED) is 0.421. The monoisotopic (exact) mass is 458 g/mol. The van der Waals surface area contributed by atoms with Gasteiger partial charge in [0.25, 0.3) is 5.56 Å². The summed E-state index contributed by atoms with van der Waals surface area (Å²) in [7, 11) is 1.34. The Hall–Kier alpha value is -3.89. The molecule has 7 heteroatoms. The first-order chi connectivity index (χ1) is 16.1. The van der Waals surface area contributed by atoms with Crippen molar-refractivity contribution in [1.29, 1.82) is 0 Å². The van der Waals surface area contributed by atoms with Gasteiger partial charge in [-0.2, -0.15) is 0 Å². The number of ether oxygens (including phenoxy) is 2. The van der Waals surface area contributed by atoms with Gasteiger partial charge in [-0.3, -0.25) is 9.36 Å². The topological polar surface area (TPSA) is 69.9 Å². The first-order valence-electron chi connectivity index (χ1n) is 10.4. The van der Waals surface area contributed by atoms with Crippen molar-refractivity contribution in [2.75, 3.05) is 13.7 Å². The van der Waals surface area contributed by atoms with E-state index in [1.807, 2.05) is 61.5 Å². The lowest BCUT2D eigenvalue weighted by atomic mass is 9.95. The van der Waals surface area contributed by atoms with Crippen molar-refractivity contribution in [3.05, 3.63) is 96.7 Å². The summed E-state index contributed by atoms with van der Waals surface area (Å²) in [6, 6.07) is 16.2. The van der Waals surface area contributed by atoms with Crippen molar-refractivity contribution in [2.24, 2.45) is 4.99 Å². The van der Waals surface area contributed by atoms with E-state index in [1.165, 1.54) is 18.4 Å². The Morgan fingerprint density at radius 1 is 1.24 bits per heavy atom. The molecule has 0 N–H and O–H groups in total. The molecule has 2 aromatic carbocycles. The number of nitrogens with zero attached hydrogens (tertiary/aromatic N) is 2. The number of hydrogen-bond donors (Lipinski definition) is 0. The normalized spacial score (nSPS) is 15.4. The summed E-state index contributed by atoms with van der Waals surface area (Å²) in [6.07, 6.45) is 7.60. The molecule has 2 heterocycles. The van der Waals surface area contributed by atoms with Crippen LogP contribution in [0.3, 0.4) is 0 Å². The second-order valence-corrected chi connectivity index (χ2v) is 8.27. The Labute approximate surface area is 195 Å². The number of allylic oxidation sites excluding steroid dienone is 1. The molecule has 33 heavy (non-hydrogen) atoms. The first kappa shape index (κ1) is 22.3. The highest BCUT2D eigenvalue weighted by atomic mass is 32.1. The van der Waals surface area contributed by atoms with Crippen molar-refractivity contribution >= 4 is 23.4 Å². The van der Waals surface area contributed by atoms with Crippen LogP contribution in [-0.4, -0.2) is 24.3 Å². The van der Waals surface area contributed by atoms with E-state index in [2.05, 4.69) is 10.9 Å². The van der Waals surface area contributed by atoms with Crippen LogP contribution in [0.5, 0.6) is 5.75 Å². The second-order valence-electron chi connectivity index (χ2n) is 7.26. The predicted molar refractivity (Wildman–Crippen MR) is 128 cm³/mol. The zero-order valence-electron chi connectivity index (χ0n) is 18.3. The van der Waals surface area contributed by atoms with Crippen LogP contribution in [0.4, 0.5) is 0 Å². The molecule has 0 bridgehead atoms. The van der Waals surface area contributed by atoms with Gasteiger partial charge in [-0.05, 0) is 35.8 Å². The van der Waals surface area contributed by atoms with Gasteiger partial charge in [-0.1, -0.05) is 66.6 Å². The summed E-state index contributed by atoms with van der Waals surface area (Å²) in [6.45, 7) is 2.10. The number of methoxy groups -OCH3 is 1. The molecule has 1 aromatic heterocycles. The first-order valence-corrected chi connectivity index (χ1v) is 11.2. The SMILES string of the molecule is C#CCOc1cccc(/C=c2/sc3n(c2=O)[C@H](c2ccccc2)C(C(=O)OC)=C(CC)N=3)c1. The van der Waals surface area contributed by atoms with Gasteiger partial charge in [-0.25, -0.2) is 9.79 Å². The third-order valence-corrected chi connectivity index (χ3v) is 6.23. The van der Waals surface area contributed by atoms with Gasteiger partial charge in [0.15, 0.2) is 4.80 Å². The molecular weight excluding hydrogens is 436 g/mol. The number of carbonyl (C=O) groups excluding carboxylic acids is 1. The number of hydrogen-bond acceptors (Lipinski definition) is 6. The van der Waals surface area contributed by atoms with E-state index in [0.29, 0.717) is 32.8 Å².